The summed E-state index contributed by atoms with van der Waals surface area (Å²) in [6.07, 6.45) is 1.72. The van der Waals surface area contributed by atoms with Crippen molar-refractivity contribution in [1.82, 2.24) is 4.90 Å². The van der Waals surface area contributed by atoms with Gasteiger partial charge in [-0.3, -0.25) is 14.5 Å². The van der Waals surface area contributed by atoms with Gasteiger partial charge in [0.25, 0.3) is 11.1 Å². The fourth-order valence-electron chi connectivity index (χ4n) is 3.59. The molecule has 2 amide bonds. The molecule has 0 aromatic heterocycles. The van der Waals surface area contributed by atoms with Crippen molar-refractivity contribution in [2.75, 3.05) is 13.2 Å². The number of halogens is 1. The summed E-state index contributed by atoms with van der Waals surface area (Å²) < 4.78 is 11.5. The minimum atomic E-state index is -0.298. The Morgan fingerprint density at radius 1 is 0.833 bits per heavy atom. The summed E-state index contributed by atoms with van der Waals surface area (Å²) in [5, 5.41) is 0.327. The van der Waals surface area contributed by atoms with Crippen LogP contribution in [0.25, 0.3) is 6.08 Å². The van der Waals surface area contributed by atoms with Crippen LogP contribution in [0.3, 0.4) is 0 Å². The highest BCUT2D eigenvalue weighted by Gasteiger charge is 2.34. The second-order valence-corrected chi connectivity index (χ2v) is 10.9. The van der Waals surface area contributed by atoms with Gasteiger partial charge < -0.3 is 9.47 Å². The van der Waals surface area contributed by atoms with Crippen LogP contribution in [0.1, 0.15) is 37.5 Å². The van der Waals surface area contributed by atoms with Crippen LogP contribution < -0.4 is 9.47 Å². The minimum Gasteiger partial charge on any atom is -0.490 e. The molecule has 4 rings (SSSR count). The van der Waals surface area contributed by atoms with E-state index in [0.717, 1.165) is 28.6 Å². The largest absolute Gasteiger partial charge is 0.490 e. The molecule has 3 aromatic rings. The summed E-state index contributed by atoms with van der Waals surface area (Å²) >= 11 is 6.86. The third kappa shape index (κ3) is 6.71. The molecular weight excluding hydrogens is 494 g/mol. The fourth-order valence-corrected chi connectivity index (χ4v) is 4.55. The van der Waals surface area contributed by atoms with Crippen LogP contribution in [0.4, 0.5) is 4.79 Å². The molecule has 0 spiro atoms. The zero-order valence-corrected chi connectivity index (χ0v) is 22.1. The number of rotatable bonds is 8. The molecule has 1 fully saturated rings. The highest BCUT2D eigenvalue weighted by atomic mass is 35.5. The lowest BCUT2D eigenvalue weighted by Crippen LogP contribution is -2.27. The summed E-state index contributed by atoms with van der Waals surface area (Å²) in [5.74, 6) is 1.22. The first-order chi connectivity index (χ1) is 17.2. The first-order valence-corrected chi connectivity index (χ1v) is 12.8. The number of thioether (sulfide) groups is 1. The Morgan fingerprint density at radius 2 is 1.39 bits per heavy atom. The predicted molar refractivity (Wildman–Crippen MR) is 146 cm³/mol. The molecule has 0 radical (unpaired) electrons. The van der Waals surface area contributed by atoms with E-state index in [9.17, 15) is 9.59 Å². The standard InChI is InChI=1S/C29H28ClNO4S/c1-29(2,3)22-8-14-25(15-9-22)35-17-16-34-24-12-6-20(7-13-24)18-26-27(32)31(28(33)36-26)19-21-4-10-23(30)11-5-21/h4-15,18H,16-17,19H2,1-3H3/b26-18-. The topological polar surface area (TPSA) is 55.8 Å². The van der Waals surface area contributed by atoms with Gasteiger partial charge in [-0.1, -0.05) is 68.8 Å². The van der Waals surface area contributed by atoms with Gasteiger partial charge in [0, 0.05) is 5.02 Å². The van der Waals surface area contributed by atoms with E-state index >= 15 is 0 Å². The highest BCUT2D eigenvalue weighted by Crippen LogP contribution is 2.33. The highest BCUT2D eigenvalue weighted by molar-refractivity contribution is 8.18. The smallest absolute Gasteiger partial charge is 0.293 e. The maximum atomic E-state index is 12.8. The maximum absolute atomic E-state index is 12.8. The second kappa shape index (κ2) is 11.2. The van der Waals surface area contributed by atoms with Crippen molar-refractivity contribution in [3.05, 3.63) is 99.4 Å². The number of hydrogen-bond acceptors (Lipinski definition) is 5. The molecule has 0 atom stereocenters. The number of carbonyl (C=O) groups excluding carboxylic acids is 2. The van der Waals surface area contributed by atoms with E-state index in [-0.39, 0.29) is 23.1 Å². The van der Waals surface area contributed by atoms with Crippen LogP contribution in [0.2, 0.25) is 5.02 Å². The van der Waals surface area contributed by atoms with E-state index < -0.39 is 0 Å². The summed E-state index contributed by atoms with van der Waals surface area (Å²) in [7, 11) is 0. The van der Waals surface area contributed by atoms with Crippen LogP contribution in [-0.4, -0.2) is 29.3 Å². The van der Waals surface area contributed by atoms with Gasteiger partial charge in [-0.15, -0.1) is 0 Å². The molecule has 186 valence electrons. The summed E-state index contributed by atoms with van der Waals surface area (Å²) in [5.41, 5.74) is 3.03. The van der Waals surface area contributed by atoms with Gasteiger partial charge in [0.1, 0.15) is 24.7 Å². The zero-order valence-electron chi connectivity index (χ0n) is 20.5. The van der Waals surface area contributed by atoms with Crippen molar-refractivity contribution < 1.29 is 19.1 Å². The normalized spacial score (nSPS) is 15.0. The number of hydrogen-bond donors (Lipinski definition) is 0. The van der Waals surface area contributed by atoms with Crippen molar-refractivity contribution in [3.8, 4) is 11.5 Å². The van der Waals surface area contributed by atoms with Crippen molar-refractivity contribution in [2.24, 2.45) is 0 Å². The predicted octanol–water partition coefficient (Wildman–Crippen LogP) is 7.33. The molecule has 3 aromatic carbocycles. The van der Waals surface area contributed by atoms with E-state index in [2.05, 4.69) is 32.9 Å². The molecule has 1 saturated heterocycles. The zero-order chi connectivity index (χ0) is 25.7. The van der Waals surface area contributed by atoms with Crippen LogP contribution in [0.5, 0.6) is 11.5 Å². The van der Waals surface area contributed by atoms with Crippen LogP contribution >= 0.6 is 23.4 Å². The number of ether oxygens (including phenoxy) is 2. The molecule has 5 nitrogen and oxygen atoms in total. The van der Waals surface area contributed by atoms with E-state index in [1.165, 1.54) is 10.5 Å². The van der Waals surface area contributed by atoms with Gasteiger partial charge in [-0.05, 0) is 76.3 Å². The quantitative estimate of drug-likeness (QED) is 0.229. The number of benzene rings is 3. The lowest BCUT2D eigenvalue weighted by Gasteiger charge is -2.19. The molecule has 1 heterocycles. The Hall–Kier alpha value is -3.22. The van der Waals surface area contributed by atoms with E-state index in [1.54, 1.807) is 18.2 Å². The molecule has 1 aliphatic rings. The van der Waals surface area contributed by atoms with Crippen molar-refractivity contribution >= 4 is 40.6 Å². The number of carbonyl (C=O) groups is 2. The van der Waals surface area contributed by atoms with E-state index in [1.807, 2.05) is 48.5 Å². The molecule has 0 aliphatic carbocycles. The maximum Gasteiger partial charge on any atom is 0.293 e. The molecule has 7 heteroatoms. The molecule has 36 heavy (non-hydrogen) atoms. The minimum absolute atomic E-state index is 0.111. The molecule has 0 N–H and O–H groups in total. The number of imide groups is 1. The van der Waals surface area contributed by atoms with Gasteiger partial charge >= 0.3 is 0 Å². The number of nitrogens with zero attached hydrogens (tertiary/aromatic N) is 1. The molecule has 0 unspecified atom stereocenters. The van der Waals surface area contributed by atoms with Gasteiger partial charge in [-0.2, -0.15) is 0 Å². The monoisotopic (exact) mass is 521 g/mol. The van der Waals surface area contributed by atoms with E-state index in [0.29, 0.717) is 28.9 Å². The number of amides is 2. The average molecular weight is 522 g/mol. The fraction of sp³-hybridized carbons (Fsp3) is 0.241. The second-order valence-electron chi connectivity index (χ2n) is 9.43. The SMILES string of the molecule is CC(C)(C)c1ccc(OCCOc2ccc(/C=C3\SC(=O)N(Cc4ccc(Cl)cc4)C3=O)cc2)cc1. The average Bonchev–Trinajstić information content (AvgIpc) is 3.11. The Labute approximate surface area is 221 Å². The third-order valence-corrected chi connectivity index (χ3v) is 6.81. The van der Waals surface area contributed by atoms with Crippen LogP contribution in [0, 0.1) is 0 Å². The molecule has 0 saturated carbocycles. The van der Waals surface area contributed by atoms with Gasteiger partial charge in [0.05, 0.1) is 11.4 Å². The molecule has 1 aliphatic heterocycles. The summed E-state index contributed by atoms with van der Waals surface area (Å²) in [6.45, 7) is 7.59. The van der Waals surface area contributed by atoms with E-state index in [4.69, 9.17) is 21.1 Å². The van der Waals surface area contributed by atoms with Crippen molar-refractivity contribution in [3.63, 3.8) is 0 Å². The van der Waals surface area contributed by atoms with Crippen LogP contribution in [0.15, 0.2) is 77.7 Å². The Balaban J connectivity index is 1.27. The van der Waals surface area contributed by atoms with Gasteiger partial charge in [-0.25, -0.2) is 0 Å². The molecular formula is C29H28ClNO4S. The first kappa shape index (κ1) is 25.9. The van der Waals surface area contributed by atoms with Crippen molar-refractivity contribution in [2.45, 2.75) is 32.7 Å². The first-order valence-electron chi connectivity index (χ1n) is 11.6. The van der Waals surface area contributed by atoms with Gasteiger partial charge in [0.15, 0.2) is 0 Å². The summed E-state index contributed by atoms with van der Waals surface area (Å²) in [4.78, 5) is 26.8. The van der Waals surface area contributed by atoms with Crippen molar-refractivity contribution in [1.29, 1.82) is 0 Å². The Kier molecular flexibility index (Phi) is 8.07. The Morgan fingerprint density at radius 3 is 1.94 bits per heavy atom. The van der Waals surface area contributed by atoms with Gasteiger partial charge in [0.2, 0.25) is 0 Å². The van der Waals surface area contributed by atoms with Crippen LogP contribution in [-0.2, 0) is 16.8 Å². The Bertz CT molecular complexity index is 1250. The third-order valence-electron chi connectivity index (χ3n) is 5.65. The lowest BCUT2D eigenvalue weighted by atomic mass is 9.87. The lowest BCUT2D eigenvalue weighted by molar-refractivity contribution is -0.123. The molecule has 0 bridgehead atoms. The summed E-state index contributed by atoms with van der Waals surface area (Å²) in [6, 6.07) is 22.6.